The minimum absolute atomic E-state index is 0.0572. The highest BCUT2D eigenvalue weighted by molar-refractivity contribution is 5.87. The third-order valence-electron chi connectivity index (χ3n) is 9.06. The van der Waals surface area contributed by atoms with Gasteiger partial charge in [-0.1, -0.05) is 91.1 Å². The predicted octanol–water partition coefficient (Wildman–Crippen LogP) is 6.44. The van der Waals surface area contributed by atoms with Gasteiger partial charge in [-0.3, -0.25) is 4.79 Å². The summed E-state index contributed by atoms with van der Waals surface area (Å²) in [6.07, 6.45) is 4.57. The molecule has 4 rings (SSSR count). The van der Waals surface area contributed by atoms with Crippen LogP contribution in [0, 0.1) is 17.3 Å². The van der Waals surface area contributed by atoms with Crippen LogP contribution in [0.1, 0.15) is 96.4 Å². The Labute approximate surface area is 245 Å². The Balaban J connectivity index is 1.84. The first-order valence-electron chi connectivity index (χ1n) is 15.0. The van der Waals surface area contributed by atoms with E-state index in [0.29, 0.717) is 12.1 Å². The van der Waals surface area contributed by atoms with Crippen molar-refractivity contribution in [3.05, 3.63) is 59.2 Å². The van der Waals surface area contributed by atoms with Crippen molar-refractivity contribution in [2.45, 2.75) is 104 Å². The second kappa shape index (κ2) is 12.0. The zero-order chi connectivity index (χ0) is 30.1. The molecule has 0 spiro atoms. The van der Waals surface area contributed by atoms with E-state index in [2.05, 4.69) is 38.2 Å². The van der Waals surface area contributed by atoms with Gasteiger partial charge in [0.2, 0.25) is 5.91 Å². The van der Waals surface area contributed by atoms with Gasteiger partial charge in [0.05, 0.1) is 13.2 Å². The topological polar surface area (TPSA) is 99.1 Å². The fraction of sp³-hybridized carbons (Fsp3) is 0.588. The Kier molecular flexibility index (Phi) is 9.07. The molecule has 1 aliphatic heterocycles. The smallest absolute Gasteiger partial charge is 0.326 e. The van der Waals surface area contributed by atoms with E-state index in [4.69, 9.17) is 4.74 Å². The zero-order valence-electron chi connectivity index (χ0n) is 25.7. The van der Waals surface area contributed by atoms with Crippen LogP contribution in [0.5, 0.6) is 11.5 Å². The second-order valence-corrected chi connectivity index (χ2v) is 13.9. The molecule has 224 valence electrons. The molecule has 0 aromatic heterocycles. The van der Waals surface area contributed by atoms with Crippen LogP contribution in [0.3, 0.4) is 0 Å². The number of ether oxygens (including phenoxy) is 1. The number of nitrogens with one attached hydrogen (secondary N) is 1. The number of methoxy groups -OCH3 is 1. The molecular formula is C34H48N2O5. The average molecular weight is 565 g/mol. The van der Waals surface area contributed by atoms with Gasteiger partial charge in [0.25, 0.3) is 0 Å². The van der Waals surface area contributed by atoms with Crippen LogP contribution < -0.4 is 10.1 Å². The van der Waals surface area contributed by atoms with Gasteiger partial charge < -0.3 is 25.2 Å². The summed E-state index contributed by atoms with van der Waals surface area (Å²) in [5.41, 5.74) is 2.19. The van der Waals surface area contributed by atoms with Crippen LogP contribution in [-0.2, 0) is 21.5 Å². The molecule has 2 aliphatic rings. The Bertz CT molecular complexity index is 1240. The number of phenols is 1. The van der Waals surface area contributed by atoms with Gasteiger partial charge in [-0.05, 0) is 41.4 Å². The third-order valence-corrected chi connectivity index (χ3v) is 9.06. The van der Waals surface area contributed by atoms with Gasteiger partial charge in [0.15, 0.2) is 0 Å². The molecule has 2 aromatic rings. The monoisotopic (exact) mass is 564 g/mol. The summed E-state index contributed by atoms with van der Waals surface area (Å²) in [6, 6.07) is 11.1. The summed E-state index contributed by atoms with van der Waals surface area (Å²) in [6.45, 7) is 13.0. The number of hydrogen-bond donors (Lipinski definition) is 3. The SMILES string of the molecule is COc1ccc(C(C)(C)C)cc1CN[C@H]1[C@H](C(C)(C)C)[C@@H](C(=O)O)N(C(=O)C2CCCCC2)[C@H]1c1ccccc1O. The minimum Gasteiger partial charge on any atom is -0.508 e. The van der Waals surface area contributed by atoms with Gasteiger partial charge in [0, 0.05) is 35.5 Å². The van der Waals surface area contributed by atoms with Gasteiger partial charge >= 0.3 is 5.97 Å². The lowest BCUT2D eigenvalue weighted by molar-refractivity contribution is -0.154. The van der Waals surface area contributed by atoms with E-state index in [1.54, 1.807) is 24.1 Å². The molecule has 0 bridgehead atoms. The normalized spacial score (nSPS) is 23.9. The molecule has 1 saturated carbocycles. The number of nitrogens with zero attached hydrogens (tertiary/aromatic N) is 1. The molecule has 1 heterocycles. The second-order valence-electron chi connectivity index (χ2n) is 13.9. The third kappa shape index (κ3) is 6.40. The number of carboxylic acids is 1. The molecule has 41 heavy (non-hydrogen) atoms. The number of para-hydroxylation sites is 1. The van der Waals surface area contributed by atoms with E-state index in [0.717, 1.165) is 43.4 Å². The number of carbonyl (C=O) groups excluding carboxylic acids is 1. The number of aliphatic carboxylic acids is 1. The minimum atomic E-state index is -1.03. The molecule has 1 aliphatic carbocycles. The van der Waals surface area contributed by atoms with E-state index in [-0.39, 0.29) is 23.0 Å². The van der Waals surface area contributed by atoms with Crippen LogP contribution >= 0.6 is 0 Å². The van der Waals surface area contributed by atoms with Gasteiger partial charge in [-0.25, -0.2) is 4.79 Å². The summed E-state index contributed by atoms with van der Waals surface area (Å²) < 4.78 is 5.71. The number of aromatic hydroxyl groups is 1. The molecule has 4 atom stereocenters. The van der Waals surface area contributed by atoms with Crippen molar-refractivity contribution >= 4 is 11.9 Å². The zero-order valence-corrected chi connectivity index (χ0v) is 25.7. The molecular weight excluding hydrogens is 516 g/mol. The molecule has 0 unspecified atom stereocenters. The first-order valence-corrected chi connectivity index (χ1v) is 15.0. The van der Waals surface area contributed by atoms with E-state index >= 15 is 0 Å². The first kappa shape index (κ1) is 30.9. The Hall–Kier alpha value is -3.06. The molecule has 0 radical (unpaired) electrons. The fourth-order valence-corrected chi connectivity index (χ4v) is 6.96. The van der Waals surface area contributed by atoms with Crippen molar-refractivity contribution in [1.29, 1.82) is 0 Å². The largest absolute Gasteiger partial charge is 0.508 e. The number of carboxylic acid groups (broad SMARTS) is 1. The summed E-state index contributed by atoms with van der Waals surface area (Å²) >= 11 is 0. The molecule has 2 fully saturated rings. The summed E-state index contributed by atoms with van der Waals surface area (Å²) in [7, 11) is 1.65. The van der Waals surface area contributed by atoms with Crippen molar-refractivity contribution in [2.24, 2.45) is 17.3 Å². The number of amides is 1. The molecule has 7 nitrogen and oxygen atoms in total. The average Bonchev–Trinajstić information content (AvgIpc) is 3.27. The number of benzene rings is 2. The van der Waals surface area contributed by atoms with Crippen molar-refractivity contribution < 1.29 is 24.5 Å². The maximum atomic E-state index is 14.3. The number of hydrogen-bond acceptors (Lipinski definition) is 5. The molecule has 1 amide bonds. The van der Waals surface area contributed by atoms with Gasteiger partial charge in [0.1, 0.15) is 17.5 Å². The lowest BCUT2D eigenvalue weighted by atomic mass is 9.72. The Morgan fingerprint density at radius 2 is 1.66 bits per heavy atom. The highest BCUT2D eigenvalue weighted by Crippen LogP contribution is 2.50. The molecule has 2 aromatic carbocycles. The summed E-state index contributed by atoms with van der Waals surface area (Å²) in [5, 5.41) is 25.5. The standard InChI is InChI=1S/C34H48N2O5/c1-33(2,3)23-17-18-26(41-7)22(19-23)20-35-28-27(34(4,5)6)30(32(39)40)36(31(38)21-13-9-8-10-14-21)29(28)24-15-11-12-16-25(24)37/h11-12,15-19,21,27-30,35,37H,8-10,13-14,20H2,1-7H3,(H,39,40)/t27-,28-,29-,30-/m0/s1. The van der Waals surface area contributed by atoms with Gasteiger partial charge in [-0.2, -0.15) is 0 Å². The molecule has 3 N–H and O–H groups in total. The van der Waals surface area contributed by atoms with Crippen molar-refractivity contribution in [3.8, 4) is 11.5 Å². The van der Waals surface area contributed by atoms with E-state index < -0.39 is 35.4 Å². The summed E-state index contributed by atoms with van der Waals surface area (Å²) in [5.74, 6) is -0.935. The highest BCUT2D eigenvalue weighted by atomic mass is 16.5. The molecule has 7 heteroatoms. The van der Waals surface area contributed by atoms with Gasteiger partial charge in [-0.15, -0.1) is 0 Å². The highest BCUT2D eigenvalue weighted by Gasteiger charge is 2.58. The maximum absolute atomic E-state index is 14.3. The number of likely N-dealkylation sites (tertiary alicyclic amines) is 1. The molecule has 1 saturated heterocycles. The van der Waals surface area contributed by atoms with Crippen LogP contribution in [0.2, 0.25) is 0 Å². The van der Waals surface area contributed by atoms with Crippen molar-refractivity contribution in [1.82, 2.24) is 10.2 Å². The van der Waals surface area contributed by atoms with Crippen LogP contribution in [-0.4, -0.2) is 46.2 Å². The Morgan fingerprint density at radius 3 is 2.22 bits per heavy atom. The van der Waals surface area contributed by atoms with E-state index in [1.165, 1.54) is 5.56 Å². The van der Waals surface area contributed by atoms with Crippen LogP contribution in [0.4, 0.5) is 0 Å². The number of carbonyl (C=O) groups is 2. The van der Waals surface area contributed by atoms with Crippen molar-refractivity contribution in [3.63, 3.8) is 0 Å². The van der Waals surface area contributed by atoms with Crippen LogP contribution in [0.25, 0.3) is 0 Å². The fourth-order valence-electron chi connectivity index (χ4n) is 6.96. The van der Waals surface area contributed by atoms with E-state index in [1.807, 2.05) is 39.0 Å². The predicted molar refractivity (Wildman–Crippen MR) is 161 cm³/mol. The van der Waals surface area contributed by atoms with Crippen LogP contribution in [0.15, 0.2) is 42.5 Å². The van der Waals surface area contributed by atoms with E-state index in [9.17, 15) is 19.8 Å². The summed E-state index contributed by atoms with van der Waals surface area (Å²) in [4.78, 5) is 29.0. The quantitative estimate of drug-likeness (QED) is 0.358. The first-order chi connectivity index (χ1) is 19.3. The number of phenolic OH excluding ortho intramolecular Hbond substituents is 1. The Morgan fingerprint density at radius 1 is 1.00 bits per heavy atom. The maximum Gasteiger partial charge on any atom is 0.326 e. The lowest BCUT2D eigenvalue weighted by Gasteiger charge is -2.36. The van der Waals surface area contributed by atoms with Crippen molar-refractivity contribution in [2.75, 3.05) is 7.11 Å². The lowest BCUT2D eigenvalue weighted by Crippen LogP contribution is -2.49. The number of rotatable bonds is 7.